The second kappa shape index (κ2) is 9.37. The smallest absolute Gasteiger partial charge is 0.220 e. The van der Waals surface area contributed by atoms with Crippen molar-refractivity contribution >= 4 is 23.6 Å². The third-order valence-corrected chi connectivity index (χ3v) is 5.77. The predicted molar refractivity (Wildman–Crippen MR) is 96.1 cm³/mol. The zero-order valence-electron chi connectivity index (χ0n) is 14.3. The number of nitrogens with zero attached hydrogens (tertiary/aromatic N) is 1. The van der Waals surface area contributed by atoms with Crippen LogP contribution in [0.2, 0.25) is 0 Å². The Bertz CT molecular complexity index is 395. The Morgan fingerprint density at radius 3 is 2.83 bits per heavy atom. The molecule has 0 aliphatic carbocycles. The lowest BCUT2D eigenvalue weighted by Crippen LogP contribution is -2.51. The van der Waals surface area contributed by atoms with Gasteiger partial charge in [-0.05, 0) is 31.9 Å². The minimum Gasteiger partial charge on any atom is -0.381 e. The number of carbonyl (C=O) groups excluding carboxylic acids is 1. The summed E-state index contributed by atoms with van der Waals surface area (Å²) in [5.74, 6) is 2.11. The van der Waals surface area contributed by atoms with Crippen LogP contribution in [0.25, 0.3) is 0 Å². The molecule has 0 radical (unpaired) electrons. The van der Waals surface area contributed by atoms with Gasteiger partial charge in [0, 0.05) is 43.5 Å². The maximum absolute atomic E-state index is 11.3. The van der Waals surface area contributed by atoms with E-state index in [-0.39, 0.29) is 16.7 Å². The van der Waals surface area contributed by atoms with E-state index in [1.54, 1.807) is 0 Å². The zero-order valence-corrected chi connectivity index (χ0v) is 15.1. The number of guanidine groups is 1. The Balaban J connectivity index is 1.94. The molecular weight excluding hydrogens is 312 g/mol. The van der Waals surface area contributed by atoms with E-state index < -0.39 is 0 Å². The lowest BCUT2D eigenvalue weighted by molar-refractivity contribution is -0.122. The van der Waals surface area contributed by atoms with Gasteiger partial charge in [-0.1, -0.05) is 6.92 Å². The number of thioether (sulfide) groups is 1. The van der Waals surface area contributed by atoms with Gasteiger partial charge >= 0.3 is 0 Å². The van der Waals surface area contributed by atoms with Gasteiger partial charge in [0.15, 0.2) is 5.96 Å². The maximum atomic E-state index is 11.3. The van der Waals surface area contributed by atoms with Crippen molar-refractivity contribution < 1.29 is 9.53 Å². The molecule has 2 rings (SSSR count). The van der Waals surface area contributed by atoms with Gasteiger partial charge in [-0.3, -0.25) is 9.79 Å². The van der Waals surface area contributed by atoms with Crippen LogP contribution in [-0.4, -0.2) is 61.3 Å². The van der Waals surface area contributed by atoms with Crippen LogP contribution in [0.3, 0.4) is 0 Å². The van der Waals surface area contributed by atoms with Gasteiger partial charge in [0.05, 0.1) is 6.54 Å². The number of carbonyl (C=O) groups is 1. The van der Waals surface area contributed by atoms with Crippen LogP contribution in [0.5, 0.6) is 0 Å². The number of ether oxygens (including phenoxy) is 1. The van der Waals surface area contributed by atoms with E-state index in [0.29, 0.717) is 13.0 Å². The second-order valence-electron chi connectivity index (χ2n) is 6.11. The molecule has 2 aliphatic rings. The van der Waals surface area contributed by atoms with Crippen molar-refractivity contribution in [2.45, 2.75) is 50.3 Å². The van der Waals surface area contributed by atoms with Gasteiger partial charge in [0.1, 0.15) is 0 Å². The first-order valence-electron chi connectivity index (χ1n) is 8.70. The Labute approximate surface area is 143 Å². The average Bonchev–Trinajstić information content (AvgIpc) is 2.56. The van der Waals surface area contributed by atoms with E-state index in [2.05, 4.69) is 29.8 Å². The SMILES string of the molecule is CCNC(=NCC1(SCC)CCOCC1)NC1CCC(=O)NC1. The molecule has 0 aromatic rings. The zero-order chi connectivity index (χ0) is 16.5. The second-order valence-corrected chi connectivity index (χ2v) is 7.84. The number of hydrogen-bond acceptors (Lipinski definition) is 4. The Morgan fingerprint density at radius 2 is 2.22 bits per heavy atom. The molecule has 0 bridgehead atoms. The molecular formula is C16H30N4O2S. The summed E-state index contributed by atoms with van der Waals surface area (Å²) in [5.41, 5.74) is 0. The van der Waals surface area contributed by atoms with Crippen molar-refractivity contribution in [3.8, 4) is 0 Å². The van der Waals surface area contributed by atoms with Crippen LogP contribution in [0.15, 0.2) is 4.99 Å². The van der Waals surface area contributed by atoms with Gasteiger partial charge in [-0.15, -0.1) is 0 Å². The molecule has 2 aliphatic heterocycles. The Morgan fingerprint density at radius 1 is 1.43 bits per heavy atom. The van der Waals surface area contributed by atoms with Crippen molar-refractivity contribution in [1.29, 1.82) is 0 Å². The number of aliphatic imine (C=N–C) groups is 1. The van der Waals surface area contributed by atoms with Crippen molar-refractivity contribution in [3.05, 3.63) is 0 Å². The molecule has 1 atom stereocenters. The summed E-state index contributed by atoms with van der Waals surface area (Å²) in [6.07, 6.45) is 3.57. The summed E-state index contributed by atoms with van der Waals surface area (Å²) in [4.78, 5) is 16.1. The van der Waals surface area contributed by atoms with Gasteiger partial charge in [0.2, 0.25) is 5.91 Å². The standard InChI is InChI=1S/C16H30N4O2S/c1-3-17-15(20-13-5-6-14(21)18-11-13)19-12-16(23-4-2)7-9-22-10-8-16/h13H,3-12H2,1-2H3,(H,18,21)(H2,17,19,20). The van der Waals surface area contributed by atoms with Crippen LogP contribution < -0.4 is 16.0 Å². The van der Waals surface area contributed by atoms with E-state index in [0.717, 1.165) is 57.3 Å². The summed E-state index contributed by atoms with van der Waals surface area (Å²) >= 11 is 2.01. The quantitative estimate of drug-likeness (QED) is 0.498. The molecule has 0 aromatic heterocycles. The Kier molecular flexibility index (Phi) is 7.49. The van der Waals surface area contributed by atoms with Crippen molar-refractivity contribution in [1.82, 2.24) is 16.0 Å². The normalized spacial score (nSPS) is 24.9. The third-order valence-electron chi connectivity index (χ3n) is 4.33. The van der Waals surface area contributed by atoms with E-state index in [1.807, 2.05) is 11.8 Å². The average molecular weight is 343 g/mol. The fourth-order valence-electron chi connectivity index (χ4n) is 2.99. The number of hydrogen-bond donors (Lipinski definition) is 3. The first-order valence-corrected chi connectivity index (χ1v) is 9.69. The number of rotatable bonds is 6. The van der Waals surface area contributed by atoms with E-state index in [4.69, 9.17) is 9.73 Å². The minimum absolute atomic E-state index is 0.144. The third kappa shape index (κ3) is 5.88. The molecule has 1 amide bonds. The monoisotopic (exact) mass is 342 g/mol. The Hall–Kier alpha value is -0.950. The molecule has 1 unspecified atom stereocenters. The predicted octanol–water partition coefficient (Wildman–Crippen LogP) is 1.12. The number of nitrogens with one attached hydrogen (secondary N) is 3. The van der Waals surface area contributed by atoms with E-state index >= 15 is 0 Å². The molecule has 132 valence electrons. The summed E-state index contributed by atoms with van der Waals surface area (Å²) in [6.45, 7) is 8.27. The highest BCUT2D eigenvalue weighted by Crippen LogP contribution is 2.35. The topological polar surface area (TPSA) is 74.8 Å². The highest BCUT2D eigenvalue weighted by Gasteiger charge is 2.32. The molecule has 2 saturated heterocycles. The number of amides is 1. The van der Waals surface area contributed by atoms with Gasteiger partial charge in [0.25, 0.3) is 0 Å². The summed E-state index contributed by atoms with van der Waals surface area (Å²) in [5, 5.41) is 9.69. The molecule has 2 heterocycles. The van der Waals surface area contributed by atoms with E-state index in [9.17, 15) is 4.79 Å². The van der Waals surface area contributed by atoms with Crippen molar-refractivity contribution in [3.63, 3.8) is 0 Å². The van der Waals surface area contributed by atoms with Crippen LogP contribution in [0.1, 0.15) is 39.5 Å². The summed E-state index contributed by atoms with van der Waals surface area (Å²) in [7, 11) is 0. The fraction of sp³-hybridized carbons (Fsp3) is 0.875. The molecule has 0 aromatic carbocycles. The van der Waals surface area contributed by atoms with Crippen LogP contribution in [-0.2, 0) is 9.53 Å². The lowest BCUT2D eigenvalue weighted by atomic mass is 9.99. The van der Waals surface area contributed by atoms with Gasteiger partial charge in [-0.2, -0.15) is 11.8 Å². The summed E-state index contributed by atoms with van der Waals surface area (Å²) < 4.78 is 5.73. The van der Waals surface area contributed by atoms with Crippen LogP contribution >= 0.6 is 11.8 Å². The summed E-state index contributed by atoms with van der Waals surface area (Å²) in [6, 6.07) is 0.259. The largest absolute Gasteiger partial charge is 0.381 e. The first kappa shape index (κ1) is 18.4. The highest BCUT2D eigenvalue weighted by atomic mass is 32.2. The molecule has 2 fully saturated rings. The van der Waals surface area contributed by atoms with Crippen molar-refractivity contribution in [2.75, 3.05) is 38.6 Å². The van der Waals surface area contributed by atoms with E-state index in [1.165, 1.54) is 0 Å². The molecule has 6 nitrogen and oxygen atoms in total. The van der Waals surface area contributed by atoms with Gasteiger partial charge in [-0.25, -0.2) is 0 Å². The minimum atomic E-state index is 0.144. The van der Waals surface area contributed by atoms with Gasteiger partial charge < -0.3 is 20.7 Å². The molecule has 3 N–H and O–H groups in total. The molecule has 23 heavy (non-hydrogen) atoms. The first-order chi connectivity index (χ1) is 11.2. The number of piperidine rings is 1. The van der Waals surface area contributed by atoms with Crippen molar-refractivity contribution in [2.24, 2.45) is 4.99 Å². The van der Waals surface area contributed by atoms with Crippen LogP contribution in [0.4, 0.5) is 0 Å². The maximum Gasteiger partial charge on any atom is 0.220 e. The molecule has 7 heteroatoms. The fourth-order valence-corrected chi connectivity index (χ4v) is 4.21. The highest BCUT2D eigenvalue weighted by molar-refractivity contribution is 8.00. The molecule has 0 spiro atoms. The van der Waals surface area contributed by atoms with Crippen LogP contribution in [0, 0.1) is 0 Å². The molecule has 0 saturated carbocycles. The lowest BCUT2D eigenvalue weighted by Gasteiger charge is -2.35.